The molecular weight excluding hydrogens is 121 g/mol. The number of rotatable bonds is 1. The Labute approximate surface area is 47.4 Å². The van der Waals surface area contributed by atoms with Crippen molar-refractivity contribution in [3.05, 3.63) is 0 Å². The van der Waals surface area contributed by atoms with Crippen LogP contribution in [0, 0.1) is 0 Å². The Morgan fingerprint density at radius 2 is 1.67 bits per heavy atom. The van der Waals surface area contributed by atoms with Gasteiger partial charge in [0.25, 0.3) is 0 Å². The van der Waals surface area contributed by atoms with E-state index in [0.29, 0.717) is 0 Å². The summed E-state index contributed by atoms with van der Waals surface area (Å²) in [6.07, 6.45) is 0. The molecule has 0 aromatic heterocycles. The van der Waals surface area contributed by atoms with E-state index in [2.05, 4.69) is 0 Å². The van der Waals surface area contributed by atoms with E-state index in [1.807, 2.05) is 0 Å². The van der Waals surface area contributed by atoms with Crippen molar-refractivity contribution in [2.75, 3.05) is 0 Å². The van der Waals surface area contributed by atoms with E-state index in [9.17, 15) is 0 Å². The van der Waals surface area contributed by atoms with Gasteiger partial charge in [0, 0.05) is 0 Å². The maximum absolute atomic E-state index is 5.36. The first kappa shape index (κ1) is 6.54. The largest absolute Gasteiger partial charge is 0.314 e. The number of hydrogen-bond acceptors (Lipinski definition) is 1. The summed E-state index contributed by atoms with van der Waals surface area (Å²) in [5, 5.41) is -0.133. The first-order valence-corrected chi connectivity index (χ1v) is 2.55. The third-order valence-corrected chi connectivity index (χ3v) is 1.22. The van der Waals surface area contributed by atoms with E-state index < -0.39 is 5.50 Å². The van der Waals surface area contributed by atoms with Crippen LogP contribution in [0.2, 0.25) is 0 Å². The molecular formula is C3H7Cl2N. The van der Waals surface area contributed by atoms with E-state index in [1.165, 1.54) is 0 Å². The fourth-order valence-corrected chi connectivity index (χ4v) is 0. The molecule has 0 saturated heterocycles. The van der Waals surface area contributed by atoms with Crippen LogP contribution in [0.3, 0.4) is 0 Å². The summed E-state index contributed by atoms with van der Waals surface area (Å²) in [5.41, 5.74) is 4.66. The van der Waals surface area contributed by atoms with Gasteiger partial charge < -0.3 is 5.73 Å². The molecule has 0 aromatic rings. The molecule has 0 saturated carbocycles. The van der Waals surface area contributed by atoms with Gasteiger partial charge in [-0.25, -0.2) is 0 Å². The summed E-state index contributed by atoms with van der Waals surface area (Å²) >= 11 is 10.6. The lowest BCUT2D eigenvalue weighted by Gasteiger charge is -2.00. The molecule has 0 heterocycles. The smallest absolute Gasteiger partial charge is 0.0963 e. The Balaban J connectivity index is 2.99. The average Bonchev–Trinajstić information content (AvgIpc) is 1.36. The summed E-state index contributed by atoms with van der Waals surface area (Å²) in [6, 6.07) is 0. The molecule has 2 atom stereocenters. The highest BCUT2D eigenvalue weighted by molar-refractivity contribution is 6.29. The summed E-state index contributed by atoms with van der Waals surface area (Å²) in [4.78, 5) is 0. The van der Waals surface area contributed by atoms with Gasteiger partial charge in [0.1, 0.15) is 0 Å². The van der Waals surface area contributed by atoms with Crippen molar-refractivity contribution in [2.24, 2.45) is 5.73 Å². The van der Waals surface area contributed by atoms with Crippen LogP contribution < -0.4 is 5.73 Å². The van der Waals surface area contributed by atoms with Crippen molar-refractivity contribution in [1.82, 2.24) is 0 Å². The second kappa shape index (κ2) is 2.67. The average molecular weight is 128 g/mol. The molecule has 0 radical (unpaired) electrons. The molecule has 6 heavy (non-hydrogen) atoms. The minimum atomic E-state index is -0.410. The van der Waals surface area contributed by atoms with E-state index in [1.54, 1.807) is 6.92 Å². The van der Waals surface area contributed by atoms with Gasteiger partial charge in [-0.1, -0.05) is 0 Å². The molecule has 3 heteroatoms. The van der Waals surface area contributed by atoms with E-state index in [0.717, 1.165) is 0 Å². The van der Waals surface area contributed by atoms with Crippen LogP contribution in [-0.2, 0) is 0 Å². The highest BCUT2D eigenvalue weighted by Gasteiger charge is 2.01. The molecule has 0 amide bonds. The number of halogens is 2. The Morgan fingerprint density at radius 3 is 1.67 bits per heavy atom. The van der Waals surface area contributed by atoms with Gasteiger partial charge in [-0.3, -0.25) is 0 Å². The molecule has 0 aliphatic heterocycles. The Morgan fingerprint density at radius 1 is 1.50 bits per heavy atom. The van der Waals surface area contributed by atoms with Crippen LogP contribution in [0.5, 0.6) is 0 Å². The van der Waals surface area contributed by atoms with E-state index in [4.69, 9.17) is 28.9 Å². The SMILES string of the molecule is CC(Cl)C(N)Cl. The quantitative estimate of drug-likeness (QED) is 0.415. The minimum absolute atomic E-state index is 0.133. The van der Waals surface area contributed by atoms with Crippen LogP contribution in [0.4, 0.5) is 0 Å². The van der Waals surface area contributed by atoms with E-state index in [-0.39, 0.29) is 5.38 Å². The molecule has 0 aromatic carbocycles. The second-order valence-electron chi connectivity index (χ2n) is 1.12. The zero-order valence-electron chi connectivity index (χ0n) is 3.49. The van der Waals surface area contributed by atoms with Gasteiger partial charge >= 0.3 is 0 Å². The predicted octanol–water partition coefficient (Wildman–Crippen LogP) is 1.14. The van der Waals surface area contributed by atoms with Crippen LogP contribution >= 0.6 is 23.2 Å². The summed E-state index contributed by atoms with van der Waals surface area (Å²) in [7, 11) is 0. The lowest BCUT2D eigenvalue weighted by Crippen LogP contribution is -2.21. The third-order valence-electron chi connectivity index (χ3n) is 0.439. The zero-order chi connectivity index (χ0) is 5.15. The van der Waals surface area contributed by atoms with Crippen LogP contribution in [0.25, 0.3) is 0 Å². The maximum Gasteiger partial charge on any atom is 0.0963 e. The molecule has 38 valence electrons. The minimum Gasteiger partial charge on any atom is -0.314 e. The first-order valence-electron chi connectivity index (χ1n) is 1.68. The van der Waals surface area contributed by atoms with Gasteiger partial charge in [0.05, 0.1) is 10.9 Å². The number of alkyl halides is 2. The highest BCUT2D eigenvalue weighted by atomic mass is 35.5. The second-order valence-corrected chi connectivity index (χ2v) is 2.31. The monoisotopic (exact) mass is 127 g/mol. The molecule has 0 rings (SSSR count). The van der Waals surface area contributed by atoms with Gasteiger partial charge in [-0.15, -0.1) is 23.2 Å². The number of hydrogen-bond donors (Lipinski definition) is 1. The van der Waals surface area contributed by atoms with Crippen molar-refractivity contribution in [2.45, 2.75) is 17.8 Å². The Kier molecular flexibility index (Phi) is 2.91. The van der Waals surface area contributed by atoms with Crippen LogP contribution in [0.1, 0.15) is 6.92 Å². The van der Waals surface area contributed by atoms with Gasteiger partial charge in [0.2, 0.25) is 0 Å². The molecule has 2 unspecified atom stereocenters. The van der Waals surface area contributed by atoms with E-state index >= 15 is 0 Å². The topological polar surface area (TPSA) is 26.0 Å². The molecule has 0 fully saturated rings. The summed E-state index contributed by atoms with van der Waals surface area (Å²) < 4.78 is 0. The van der Waals surface area contributed by atoms with Gasteiger partial charge in [-0.2, -0.15) is 0 Å². The Bertz CT molecular complexity index is 29.8. The maximum atomic E-state index is 5.36. The normalized spacial score (nSPS) is 20.0. The molecule has 0 bridgehead atoms. The van der Waals surface area contributed by atoms with Gasteiger partial charge in [-0.05, 0) is 6.92 Å². The first-order chi connectivity index (χ1) is 2.64. The zero-order valence-corrected chi connectivity index (χ0v) is 5.00. The fourth-order valence-electron chi connectivity index (χ4n) is 0. The van der Waals surface area contributed by atoms with Crippen molar-refractivity contribution in [3.63, 3.8) is 0 Å². The molecule has 0 aliphatic carbocycles. The summed E-state index contributed by atoms with van der Waals surface area (Å²) in [6.45, 7) is 1.75. The molecule has 0 aliphatic rings. The van der Waals surface area contributed by atoms with Crippen LogP contribution in [0.15, 0.2) is 0 Å². The highest BCUT2D eigenvalue weighted by Crippen LogP contribution is 2.00. The van der Waals surface area contributed by atoms with Crippen molar-refractivity contribution in [1.29, 1.82) is 0 Å². The Hall–Kier alpha value is 0.540. The van der Waals surface area contributed by atoms with Crippen molar-refractivity contribution >= 4 is 23.2 Å². The van der Waals surface area contributed by atoms with Crippen LogP contribution in [-0.4, -0.2) is 10.9 Å². The number of nitrogens with two attached hydrogens (primary N) is 1. The molecule has 2 N–H and O–H groups in total. The molecule has 1 nitrogen and oxygen atoms in total. The standard InChI is InChI=1S/C3H7Cl2N/c1-2(4)3(5)6/h2-3H,6H2,1H3. The predicted molar refractivity (Wildman–Crippen MR) is 29.1 cm³/mol. The van der Waals surface area contributed by atoms with Crippen molar-refractivity contribution < 1.29 is 0 Å². The van der Waals surface area contributed by atoms with Gasteiger partial charge in [0.15, 0.2) is 0 Å². The lowest BCUT2D eigenvalue weighted by molar-refractivity contribution is 0.866. The molecule has 0 spiro atoms. The van der Waals surface area contributed by atoms with Crippen molar-refractivity contribution in [3.8, 4) is 0 Å². The lowest BCUT2D eigenvalue weighted by atomic mass is 10.5. The third kappa shape index (κ3) is 2.76. The fraction of sp³-hybridized carbons (Fsp3) is 1.00. The summed E-state index contributed by atoms with van der Waals surface area (Å²) in [5.74, 6) is 0.